The second-order valence-corrected chi connectivity index (χ2v) is 7.21. The minimum Gasteiger partial charge on any atom is -0.313 e. The smallest absolute Gasteiger partial charge is 0.178 e. The van der Waals surface area contributed by atoms with E-state index >= 15 is 0 Å². The van der Waals surface area contributed by atoms with Crippen LogP contribution < -0.4 is 5.32 Å². The lowest BCUT2D eigenvalue weighted by Gasteiger charge is -2.18. The summed E-state index contributed by atoms with van der Waals surface area (Å²) < 4.78 is 24.4. The van der Waals surface area contributed by atoms with Crippen LogP contribution in [0.5, 0.6) is 0 Å². The van der Waals surface area contributed by atoms with E-state index in [0.717, 1.165) is 11.1 Å². The SMILES string of the molecule is CCS(=O)(=O)c1ccccc1CC(NC)c1ccccc1. The van der Waals surface area contributed by atoms with Crippen molar-refractivity contribution >= 4 is 9.84 Å². The molecule has 3 nitrogen and oxygen atoms in total. The van der Waals surface area contributed by atoms with Gasteiger partial charge in [0.25, 0.3) is 0 Å². The normalized spacial score (nSPS) is 13.0. The van der Waals surface area contributed by atoms with Gasteiger partial charge in [0, 0.05) is 6.04 Å². The summed E-state index contributed by atoms with van der Waals surface area (Å²) in [5.41, 5.74) is 2.02. The Labute approximate surface area is 126 Å². The molecule has 0 fully saturated rings. The molecular formula is C17H21NO2S. The fourth-order valence-corrected chi connectivity index (χ4v) is 3.57. The molecule has 1 atom stereocenters. The molecule has 112 valence electrons. The number of benzene rings is 2. The van der Waals surface area contributed by atoms with Gasteiger partial charge in [-0.15, -0.1) is 0 Å². The molecule has 0 amide bonds. The number of sulfone groups is 1. The summed E-state index contributed by atoms with van der Waals surface area (Å²) in [4.78, 5) is 0.448. The predicted octanol–water partition coefficient (Wildman–Crippen LogP) is 2.98. The molecule has 2 aromatic carbocycles. The van der Waals surface area contributed by atoms with Crippen molar-refractivity contribution in [3.05, 3.63) is 65.7 Å². The molecule has 0 spiro atoms. The highest BCUT2D eigenvalue weighted by Gasteiger charge is 2.18. The van der Waals surface area contributed by atoms with Gasteiger partial charge >= 0.3 is 0 Å². The molecular weight excluding hydrogens is 282 g/mol. The largest absolute Gasteiger partial charge is 0.313 e. The molecule has 0 radical (unpaired) electrons. The average Bonchev–Trinajstić information content (AvgIpc) is 2.53. The van der Waals surface area contributed by atoms with Crippen LogP contribution in [0.3, 0.4) is 0 Å². The van der Waals surface area contributed by atoms with Gasteiger partial charge in [0.15, 0.2) is 9.84 Å². The minimum absolute atomic E-state index is 0.0967. The second-order valence-electron chi connectivity index (χ2n) is 4.97. The van der Waals surface area contributed by atoms with Crippen molar-refractivity contribution in [2.24, 2.45) is 0 Å². The summed E-state index contributed by atoms with van der Waals surface area (Å²) in [5, 5.41) is 3.27. The molecule has 1 unspecified atom stereocenters. The van der Waals surface area contributed by atoms with E-state index in [0.29, 0.717) is 11.3 Å². The quantitative estimate of drug-likeness (QED) is 0.892. The van der Waals surface area contributed by atoms with Gasteiger partial charge in [-0.3, -0.25) is 0 Å². The molecule has 0 saturated carbocycles. The number of likely N-dealkylation sites (N-methyl/N-ethyl adjacent to an activating group) is 1. The van der Waals surface area contributed by atoms with E-state index in [1.165, 1.54) is 0 Å². The lowest BCUT2D eigenvalue weighted by atomic mass is 9.99. The van der Waals surface area contributed by atoms with Crippen LogP contribution in [0.1, 0.15) is 24.1 Å². The molecule has 0 aliphatic carbocycles. The third-order valence-electron chi connectivity index (χ3n) is 3.66. The Bertz CT molecular complexity index is 681. The molecule has 2 aromatic rings. The van der Waals surface area contributed by atoms with Crippen LogP contribution in [0.15, 0.2) is 59.5 Å². The highest BCUT2D eigenvalue weighted by atomic mass is 32.2. The second kappa shape index (κ2) is 6.87. The third-order valence-corrected chi connectivity index (χ3v) is 5.49. The first-order valence-electron chi connectivity index (χ1n) is 7.11. The highest BCUT2D eigenvalue weighted by Crippen LogP contribution is 2.23. The molecule has 1 N–H and O–H groups in total. The minimum atomic E-state index is -3.19. The Morgan fingerprint density at radius 1 is 1.00 bits per heavy atom. The van der Waals surface area contributed by atoms with Gasteiger partial charge in [0.05, 0.1) is 10.6 Å². The molecule has 0 aliphatic heterocycles. The summed E-state index contributed by atoms with van der Waals surface area (Å²) in [6.07, 6.45) is 0.649. The van der Waals surface area contributed by atoms with Crippen molar-refractivity contribution in [2.75, 3.05) is 12.8 Å². The van der Waals surface area contributed by atoms with Gasteiger partial charge in [0.1, 0.15) is 0 Å². The summed E-state index contributed by atoms with van der Waals surface area (Å²) >= 11 is 0. The Balaban J connectivity index is 2.35. The monoisotopic (exact) mass is 303 g/mol. The lowest BCUT2D eigenvalue weighted by Crippen LogP contribution is -2.20. The van der Waals surface area contributed by atoms with E-state index in [1.807, 2.05) is 37.4 Å². The van der Waals surface area contributed by atoms with E-state index in [-0.39, 0.29) is 11.8 Å². The van der Waals surface area contributed by atoms with Crippen molar-refractivity contribution in [1.29, 1.82) is 0 Å². The zero-order valence-corrected chi connectivity index (χ0v) is 13.2. The first-order chi connectivity index (χ1) is 10.1. The van der Waals surface area contributed by atoms with Gasteiger partial charge in [-0.1, -0.05) is 55.5 Å². The molecule has 21 heavy (non-hydrogen) atoms. The van der Waals surface area contributed by atoms with Crippen molar-refractivity contribution < 1.29 is 8.42 Å². The molecule has 0 saturated heterocycles. The van der Waals surface area contributed by atoms with Crippen molar-refractivity contribution in [1.82, 2.24) is 5.32 Å². The third kappa shape index (κ3) is 3.71. The topological polar surface area (TPSA) is 46.2 Å². The fourth-order valence-electron chi connectivity index (χ4n) is 2.42. The highest BCUT2D eigenvalue weighted by molar-refractivity contribution is 7.91. The Morgan fingerprint density at radius 2 is 1.62 bits per heavy atom. The Kier molecular flexibility index (Phi) is 5.15. The summed E-state index contributed by atoms with van der Waals surface area (Å²) in [6, 6.07) is 17.4. The molecule has 0 bridgehead atoms. The van der Waals surface area contributed by atoms with Crippen LogP contribution in [0.2, 0.25) is 0 Å². The van der Waals surface area contributed by atoms with Gasteiger partial charge < -0.3 is 5.32 Å². The van der Waals surface area contributed by atoms with Crippen LogP contribution in [0.4, 0.5) is 0 Å². The van der Waals surface area contributed by atoms with Crippen LogP contribution in [-0.4, -0.2) is 21.2 Å². The van der Waals surface area contributed by atoms with E-state index in [1.54, 1.807) is 19.1 Å². The first-order valence-corrected chi connectivity index (χ1v) is 8.76. The summed E-state index contributed by atoms with van der Waals surface area (Å²) in [5.74, 6) is 0.125. The van der Waals surface area contributed by atoms with E-state index < -0.39 is 9.84 Å². The first kappa shape index (κ1) is 15.7. The number of rotatable bonds is 6. The maximum Gasteiger partial charge on any atom is 0.178 e. The van der Waals surface area contributed by atoms with Crippen molar-refractivity contribution in [2.45, 2.75) is 24.3 Å². The van der Waals surface area contributed by atoms with E-state index in [4.69, 9.17) is 0 Å². The molecule has 2 rings (SSSR count). The van der Waals surface area contributed by atoms with E-state index in [9.17, 15) is 8.42 Å². The van der Waals surface area contributed by atoms with Crippen molar-refractivity contribution in [3.8, 4) is 0 Å². The maximum absolute atomic E-state index is 12.2. The zero-order chi connectivity index (χ0) is 15.3. The molecule has 4 heteroatoms. The number of nitrogens with one attached hydrogen (secondary N) is 1. The van der Waals surface area contributed by atoms with E-state index in [2.05, 4.69) is 17.4 Å². The van der Waals surface area contributed by atoms with Gasteiger partial charge in [0.2, 0.25) is 0 Å². The zero-order valence-electron chi connectivity index (χ0n) is 12.4. The van der Waals surface area contributed by atoms with Gasteiger partial charge in [-0.25, -0.2) is 8.42 Å². The van der Waals surface area contributed by atoms with Gasteiger partial charge in [-0.05, 0) is 30.7 Å². The van der Waals surface area contributed by atoms with Crippen LogP contribution in [-0.2, 0) is 16.3 Å². The molecule has 0 aliphatic rings. The van der Waals surface area contributed by atoms with Crippen LogP contribution in [0, 0.1) is 0 Å². The number of hydrogen-bond acceptors (Lipinski definition) is 3. The Morgan fingerprint density at radius 3 is 2.24 bits per heavy atom. The summed E-state index contributed by atoms with van der Waals surface area (Å²) in [6.45, 7) is 1.68. The molecule has 0 aromatic heterocycles. The Hall–Kier alpha value is -1.65. The predicted molar refractivity (Wildman–Crippen MR) is 86.1 cm³/mol. The van der Waals surface area contributed by atoms with Crippen LogP contribution >= 0.6 is 0 Å². The summed E-state index contributed by atoms with van der Waals surface area (Å²) in [7, 11) is -1.30. The number of hydrogen-bond donors (Lipinski definition) is 1. The fraction of sp³-hybridized carbons (Fsp3) is 0.294. The van der Waals surface area contributed by atoms with Gasteiger partial charge in [-0.2, -0.15) is 0 Å². The standard InChI is InChI=1S/C17H21NO2S/c1-3-21(19,20)17-12-8-7-11-15(17)13-16(18-2)14-9-5-4-6-10-14/h4-12,16,18H,3,13H2,1-2H3. The van der Waals surface area contributed by atoms with Crippen molar-refractivity contribution in [3.63, 3.8) is 0 Å². The maximum atomic E-state index is 12.2. The molecule has 0 heterocycles. The van der Waals surface area contributed by atoms with Crippen LogP contribution in [0.25, 0.3) is 0 Å². The average molecular weight is 303 g/mol. The lowest BCUT2D eigenvalue weighted by molar-refractivity contribution is 0.578.